The Balaban J connectivity index is 1.80. The van der Waals surface area contributed by atoms with E-state index in [2.05, 4.69) is 17.2 Å². The molecule has 0 spiro atoms. The van der Waals surface area contributed by atoms with Crippen LogP contribution in [0.3, 0.4) is 0 Å². The number of ether oxygens (including phenoxy) is 1. The van der Waals surface area contributed by atoms with Gasteiger partial charge in [0.1, 0.15) is 0 Å². The summed E-state index contributed by atoms with van der Waals surface area (Å²) in [7, 11) is 0. The van der Waals surface area contributed by atoms with Gasteiger partial charge >= 0.3 is 0 Å². The van der Waals surface area contributed by atoms with E-state index in [1.54, 1.807) is 24.3 Å². The van der Waals surface area contributed by atoms with Crippen LogP contribution in [0.5, 0.6) is 0 Å². The van der Waals surface area contributed by atoms with Crippen molar-refractivity contribution in [1.29, 1.82) is 0 Å². The van der Waals surface area contributed by atoms with Crippen molar-refractivity contribution < 1.29 is 14.3 Å². The number of carbonyl (C=O) groups excluding carboxylic acids is 2. The fourth-order valence-electron chi connectivity index (χ4n) is 2.73. The van der Waals surface area contributed by atoms with Gasteiger partial charge in [-0.1, -0.05) is 30.8 Å². The molecule has 0 radical (unpaired) electrons. The van der Waals surface area contributed by atoms with Gasteiger partial charge in [0, 0.05) is 12.1 Å². The zero-order valence-electron chi connectivity index (χ0n) is 14.0. The van der Waals surface area contributed by atoms with E-state index in [0.29, 0.717) is 16.9 Å². The number of hydrogen-bond acceptors (Lipinski definition) is 3. The Morgan fingerprint density at radius 1 is 1.16 bits per heavy atom. The smallest absolute Gasteiger partial charge is 0.257 e. The molecule has 1 saturated heterocycles. The fourth-order valence-corrected chi connectivity index (χ4v) is 2.73. The minimum Gasteiger partial charge on any atom is -0.370 e. The summed E-state index contributed by atoms with van der Waals surface area (Å²) in [6.45, 7) is 6.21. The van der Waals surface area contributed by atoms with Gasteiger partial charge in [0.15, 0.2) is 0 Å². The zero-order chi connectivity index (χ0) is 17.9. The molecule has 0 saturated carbocycles. The molecule has 0 aliphatic carbocycles. The van der Waals surface area contributed by atoms with Crippen molar-refractivity contribution in [3.63, 3.8) is 0 Å². The Kier molecular flexibility index (Phi) is 4.67. The lowest BCUT2D eigenvalue weighted by Crippen LogP contribution is -2.37. The highest BCUT2D eigenvalue weighted by molar-refractivity contribution is 6.11. The third kappa shape index (κ3) is 3.61. The van der Waals surface area contributed by atoms with Crippen LogP contribution >= 0.6 is 0 Å². The molecule has 2 amide bonds. The SMILES string of the molecule is C=CC(=O)Nc1ccccc1C(=O)Nc1cccc(C2(C)CCO2)c1. The number of rotatable bonds is 5. The van der Waals surface area contributed by atoms with E-state index in [4.69, 9.17) is 4.74 Å². The van der Waals surface area contributed by atoms with Crippen LogP contribution in [-0.4, -0.2) is 18.4 Å². The predicted octanol–water partition coefficient (Wildman–Crippen LogP) is 3.70. The molecule has 128 valence electrons. The van der Waals surface area contributed by atoms with Crippen molar-refractivity contribution in [2.45, 2.75) is 18.9 Å². The largest absolute Gasteiger partial charge is 0.370 e. The molecule has 25 heavy (non-hydrogen) atoms. The third-order valence-corrected chi connectivity index (χ3v) is 4.35. The van der Waals surface area contributed by atoms with E-state index in [0.717, 1.165) is 24.7 Å². The molecule has 0 aromatic heterocycles. The van der Waals surface area contributed by atoms with Gasteiger partial charge in [-0.15, -0.1) is 0 Å². The molecule has 2 aromatic rings. The molecule has 1 aliphatic rings. The van der Waals surface area contributed by atoms with Crippen molar-refractivity contribution in [3.05, 3.63) is 72.3 Å². The highest BCUT2D eigenvalue weighted by atomic mass is 16.5. The average Bonchev–Trinajstić information content (AvgIpc) is 2.60. The quantitative estimate of drug-likeness (QED) is 0.818. The lowest BCUT2D eigenvalue weighted by molar-refractivity contribution is -0.140. The Bertz CT molecular complexity index is 825. The molecule has 3 rings (SSSR count). The van der Waals surface area contributed by atoms with Gasteiger partial charge in [-0.05, 0) is 42.8 Å². The minimum absolute atomic E-state index is 0.281. The molecule has 5 heteroatoms. The number of nitrogens with one attached hydrogen (secondary N) is 2. The Labute approximate surface area is 146 Å². The lowest BCUT2D eigenvalue weighted by atomic mass is 9.88. The molecule has 2 N–H and O–H groups in total. The molecule has 5 nitrogen and oxygen atoms in total. The van der Waals surface area contributed by atoms with Crippen LogP contribution in [0.4, 0.5) is 11.4 Å². The second-order valence-electron chi connectivity index (χ2n) is 6.10. The molecule has 2 aromatic carbocycles. The van der Waals surface area contributed by atoms with Gasteiger partial charge in [-0.25, -0.2) is 0 Å². The maximum Gasteiger partial charge on any atom is 0.257 e. The van der Waals surface area contributed by atoms with Crippen molar-refractivity contribution in [3.8, 4) is 0 Å². The summed E-state index contributed by atoms with van der Waals surface area (Å²) in [4.78, 5) is 24.2. The average molecular weight is 336 g/mol. The number of hydrogen-bond donors (Lipinski definition) is 2. The number of anilines is 2. The first-order valence-corrected chi connectivity index (χ1v) is 8.10. The minimum atomic E-state index is -0.364. The van der Waals surface area contributed by atoms with E-state index in [1.807, 2.05) is 31.2 Å². The first-order valence-electron chi connectivity index (χ1n) is 8.10. The van der Waals surface area contributed by atoms with Crippen LogP contribution < -0.4 is 10.6 Å². The van der Waals surface area contributed by atoms with Crippen LogP contribution in [-0.2, 0) is 15.1 Å². The van der Waals surface area contributed by atoms with Crippen LogP contribution in [0.15, 0.2) is 61.2 Å². The van der Waals surface area contributed by atoms with E-state index in [-0.39, 0.29) is 17.4 Å². The summed E-state index contributed by atoms with van der Waals surface area (Å²) in [5, 5.41) is 5.52. The molecular formula is C20H20N2O3. The van der Waals surface area contributed by atoms with Crippen molar-refractivity contribution in [1.82, 2.24) is 0 Å². The van der Waals surface area contributed by atoms with E-state index in [9.17, 15) is 9.59 Å². The van der Waals surface area contributed by atoms with Crippen molar-refractivity contribution >= 4 is 23.2 Å². The molecular weight excluding hydrogens is 316 g/mol. The molecule has 1 heterocycles. The topological polar surface area (TPSA) is 67.4 Å². The summed E-state index contributed by atoms with van der Waals surface area (Å²) < 4.78 is 5.65. The maximum atomic E-state index is 12.6. The normalized spacial score (nSPS) is 18.8. The van der Waals surface area contributed by atoms with E-state index in [1.165, 1.54) is 0 Å². The van der Waals surface area contributed by atoms with Gasteiger partial charge in [0.2, 0.25) is 5.91 Å². The van der Waals surface area contributed by atoms with Gasteiger partial charge in [0.25, 0.3) is 5.91 Å². The summed E-state index contributed by atoms with van der Waals surface area (Å²) in [5.74, 6) is -0.658. The fraction of sp³-hybridized carbons (Fsp3) is 0.200. The Morgan fingerprint density at radius 2 is 1.92 bits per heavy atom. The van der Waals surface area contributed by atoms with Crippen molar-refractivity contribution in [2.75, 3.05) is 17.2 Å². The molecule has 1 fully saturated rings. The first kappa shape index (κ1) is 16.9. The van der Waals surface area contributed by atoms with Crippen LogP contribution in [0, 0.1) is 0 Å². The molecule has 0 bridgehead atoms. The first-order chi connectivity index (χ1) is 12.0. The summed E-state index contributed by atoms with van der Waals surface area (Å²) >= 11 is 0. The van der Waals surface area contributed by atoms with Gasteiger partial charge in [0.05, 0.1) is 23.5 Å². The molecule has 1 atom stereocenters. The number of carbonyl (C=O) groups is 2. The third-order valence-electron chi connectivity index (χ3n) is 4.35. The predicted molar refractivity (Wildman–Crippen MR) is 97.6 cm³/mol. The summed E-state index contributed by atoms with van der Waals surface area (Å²) in [6, 6.07) is 14.5. The summed E-state index contributed by atoms with van der Waals surface area (Å²) in [6.07, 6.45) is 2.12. The number of para-hydroxylation sites is 1. The lowest BCUT2D eigenvalue weighted by Gasteiger charge is -2.39. The second kappa shape index (κ2) is 6.91. The van der Waals surface area contributed by atoms with E-state index < -0.39 is 0 Å². The van der Waals surface area contributed by atoms with Gasteiger partial charge in [-0.2, -0.15) is 0 Å². The van der Waals surface area contributed by atoms with E-state index >= 15 is 0 Å². The number of benzene rings is 2. The highest BCUT2D eigenvalue weighted by Gasteiger charge is 2.35. The monoisotopic (exact) mass is 336 g/mol. The molecule has 1 unspecified atom stereocenters. The molecule has 1 aliphatic heterocycles. The highest BCUT2D eigenvalue weighted by Crippen LogP contribution is 2.37. The van der Waals surface area contributed by atoms with Gasteiger partial charge < -0.3 is 15.4 Å². The Morgan fingerprint density at radius 3 is 2.60 bits per heavy atom. The van der Waals surface area contributed by atoms with Crippen LogP contribution in [0.2, 0.25) is 0 Å². The summed E-state index contributed by atoms with van der Waals surface area (Å²) in [5.41, 5.74) is 2.26. The van der Waals surface area contributed by atoms with Crippen molar-refractivity contribution in [2.24, 2.45) is 0 Å². The number of amides is 2. The zero-order valence-corrected chi connectivity index (χ0v) is 14.0. The van der Waals surface area contributed by atoms with Crippen LogP contribution in [0.25, 0.3) is 0 Å². The standard InChI is InChI=1S/C20H20N2O3/c1-3-18(23)22-17-10-5-4-9-16(17)19(24)21-15-8-6-7-14(13-15)20(2)11-12-25-20/h3-10,13H,1,11-12H2,2H3,(H,21,24)(H,22,23). The second-order valence-corrected chi connectivity index (χ2v) is 6.10. The maximum absolute atomic E-state index is 12.6. The van der Waals surface area contributed by atoms with Crippen LogP contribution in [0.1, 0.15) is 29.3 Å². The Hall–Kier alpha value is -2.92. The van der Waals surface area contributed by atoms with Gasteiger partial charge in [-0.3, -0.25) is 9.59 Å².